The van der Waals surface area contributed by atoms with E-state index in [2.05, 4.69) is 10.6 Å². The Bertz CT molecular complexity index is 1290. The summed E-state index contributed by atoms with van der Waals surface area (Å²) < 4.78 is 27.8. The normalized spacial score (nSPS) is 15.6. The number of nitrogens with zero attached hydrogens (tertiary/aromatic N) is 2. The number of thiophene rings is 1. The lowest BCUT2D eigenvalue weighted by atomic mass is 10.1. The van der Waals surface area contributed by atoms with Crippen molar-refractivity contribution in [2.45, 2.75) is 16.7 Å². The summed E-state index contributed by atoms with van der Waals surface area (Å²) in [6, 6.07) is 13.3. The van der Waals surface area contributed by atoms with E-state index in [1.165, 1.54) is 30.3 Å². The number of amides is 2. The lowest BCUT2D eigenvalue weighted by Gasteiger charge is -2.36. The van der Waals surface area contributed by atoms with Crippen LogP contribution in [-0.4, -0.2) is 31.2 Å². The van der Waals surface area contributed by atoms with Gasteiger partial charge in [-0.05, 0) is 35.7 Å². The van der Waals surface area contributed by atoms with Gasteiger partial charge in [-0.1, -0.05) is 18.2 Å². The van der Waals surface area contributed by atoms with E-state index < -0.39 is 39.2 Å². The monoisotopic (exact) mass is 472 g/mol. The summed E-state index contributed by atoms with van der Waals surface area (Å²) >= 11 is 1.01. The van der Waals surface area contributed by atoms with Crippen molar-refractivity contribution in [3.63, 3.8) is 0 Å². The minimum atomic E-state index is -4.11. The second kappa shape index (κ2) is 8.40. The van der Waals surface area contributed by atoms with Gasteiger partial charge < -0.3 is 10.6 Å². The van der Waals surface area contributed by atoms with Crippen LogP contribution in [0.25, 0.3) is 0 Å². The largest absolute Gasteiger partial charge is 0.326 e. The van der Waals surface area contributed by atoms with E-state index in [0.717, 1.165) is 15.6 Å². The van der Waals surface area contributed by atoms with Crippen molar-refractivity contribution in [3.8, 4) is 0 Å². The average Bonchev–Trinajstić information content (AvgIpc) is 3.30. The van der Waals surface area contributed by atoms with Gasteiger partial charge in [0.25, 0.3) is 15.7 Å². The van der Waals surface area contributed by atoms with E-state index in [1.54, 1.807) is 35.7 Å². The van der Waals surface area contributed by atoms with Crippen molar-refractivity contribution in [2.75, 3.05) is 14.9 Å². The van der Waals surface area contributed by atoms with E-state index in [1.807, 2.05) is 0 Å². The van der Waals surface area contributed by atoms with Gasteiger partial charge in [0, 0.05) is 17.8 Å². The van der Waals surface area contributed by atoms with Crippen molar-refractivity contribution < 1.29 is 22.9 Å². The van der Waals surface area contributed by atoms with Crippen LogP contribution < -0.4 is 14.9 Å². The van der Waals surface area contributed by atoms with Crippen LogP contribution in [0.4, 0.5) is 22.7 Å². The smallest absolute Gasteiger partial charge is 0.274 e. The molecule has 0 spiro atoms. The number of nitro groups is 1. The number of anilines is 3. The van der Waals surface area contributed by atoms with Gasteiger partial charge in [0.05, 0.1) is 22.7 Å². The molecule has 3 aromatic rings. The Morgan fingerprint density at radius 2 is 1.84 bits per heavy atom. The van der Waals surface area contributed by atoms with Gasteiger partial charge in [-0.15, -0.1) is 11.3 Å². The molecule has 2 amide bonds. The Morgan fingerprint density at radius 3 is 2.50 bits per heavy atom. The number of sulfonamides is 1. The number of para-hydroxylation sites is 2. The van der Waals surface area contributed by atoms with Gasteiger partial charge in [-0.3, -0.25) is 24.0 Å². The van der Waals surface area contributed by atoms with Gasteiger partial charge in [0.1, 0.15) is 10.3 Å². The summed E-state index contributed by atoms with van der Waals surface area (Å²) in [6.07, 6.45) is -0.457. The molecule has 0 saturated heterocycles. The summed E-state index contributed by atoms with van der Waals surface area (Å²) in [6.45, 7) is 0. The first kappa shape index (κ1) is 21.5. The van der Waals surface area contributed by atoms with Crippen molar-refractivity contribution in [3.05, 3.63) is 76.2 Å². The predicted octanol–water partition coefficient (Wildman–Crippen LogP) is 3.20. The molecule has 2 heterocycles. The topological polar surface area (TPSA) is 139 Å². The summed E-state index contributed by atoms with van der Waals surface area (Å²) in [5.41, 5.74) is 0.725. The highest BCUT2D eigenvalue weighted by molar-refractivity contribution is 7.94. The molecular formula is C20H16N4O6S2. The highest BCUT2D eigenvalue weighted by Crippen LogP contribution is 2.38. The minimum Gasteiger partial charge on any atom is -0.326 e. The molecule has 2 N–H and O–H groups in total. The second-order valence-electron chi connectivity index (χ2n) is 6.81. The van der Waals surface area contributed by atoms with Crippen molar-refractivity contribution in [2.24, 2.45) is 0 Å². The molecule has 0 fully saturated rings. The number of hydrogen-bond acceptors (Lipinski definition) is 7. The molecule has 0 saturated carbocycles. The Hall–Kier alpha value is -3.77. The van der Waals surface area contributed by atoms with Crippen LogP contribution in [0.5, 0.6) is 0 Å². The molecule has 2 aromatic carbocycles. The third-order valence-electron chi connectivity index (χ3n) is 4.73. The number of benzene rings is 2. The van der Waals surface area contributed by atoms with E-state index >= 15 is 0 Å². The molecule has 1 aliphatic rings. The zero-order valence-electron chi connectivity index (χ0n) is 16.3. The number of carbonyl (C=O) groups is 2. The van der Waals surface area contributed by atoms with Crippen molar-refractivity contribution in [1.29, 1.82) is 0 Å². The van der Waals surface area contributed by atoms with Crippen LogP contribution in [0, 0.1) is 10.1 Å². The van der Waals surface area contributed by atoms with Crippen LogP contribution in [0.15, 0.2) is 70.3 Å². The third-order valence-corrected chi connectivity index (χ3v) is 7.93. The number of fused-ring (bicyclic) bond motifs is 1. The molecule has 4 rings (SSSR count). The fourth-order valence-corrected chi connectivity index (χ4v) is 6.01. The predicted molar refractivity (Wildman–Crippen MR) is 119 cm³/mol. The Kier molecular flexibility index (Phi) is 5.63. The molecule has 1 aliphatic heterocycles. The number of carbonyl (C=O) groups excluding carboxylic acids is 2. The molecular weight excluding hydrogens is 456 g/mol. The molecule has 1 unspecified atom stereocenters. The number of non-ortho nitro benzene ring substituents is 1. The van der Waals surface area contributed by atoms with Gasteiger partial charge in [0.2, 0.25) is 11.8 Å². The summed E-state index contributed by atoms with van der Waals surface area (Å²) in [5.74, 6) is -1.26. The lowest BCUT2D eigenvalue weighted by molar-refractivity contribution is -0.384. The number of hydrogen-bond donors (Lipinski definition) is 2. The lowest BCUT2D eigenvalue weighted by Crippen LogP contribution is -2.52. The van der Waals surface area contributed by atoms with Gasteiger partial charge in [0.15, 0.2) is 0 Å². The third kappa shape index (κ3) is 4.05. The molecule has 0 radical (unpaired) electrons. The van der Waals surface area contributed by atoms with E-state index in [9.17, 15) is 28.1 Å². The van der Waals surface area contributed by atoms with Gasteiger partial charge in [-0.25, -0.2) is 8.42 Å². The number of nitro benzene ring substituents is 1. The van der Waals surface area contributed by atoms with E-state index in [-0.39, 0.29) is 21.3 Å². The molecule has 32 heavy (non-hydrogen) atoms. The number of rotatable bonds is 6. The Labute approximate surface area is 186 Å². The first-order chi connectivity index (χ1) is 15.3. The SMILES string of the molecule is O=C(CC1C(=O)Nc2ccccc2N1S(=O)(=O)c1cccs1)Nc1ccc([N+](=O)[O-])cc1. The van der Waals surface area contributed by atoms with Gasteiger partial charge in [-0.2, -0.15) is 0 Å². The molecule has 164 valence electrons. The Morgan fingerprint density at radius 1 is 1.12 bits per heavy atom. The van der Waals surface area contributed by atoms with Gasteiger partial charge >= 0.3 is 0 Å². The maximum absolute atomic E-state index is 13.4. The maximum atomic E-state index is 13.4. The van der Waals surface area contributed by atoms with Crippen molar-refractivity contribution in [1.82, 2.24) is 0 Å². The quantitative estimate of drug-likeness (QED) is 0.417. The molecule has 0 bridgehead atoms. The average molecular weight is 473 g/mol. The second-order valence-corrected chi connectivity index (χ2v) is 9.80. The first-order valence-corrected chi connectivity index (χ1v) is 11.6. The fourth-order valence-electron chi connectivity index (χ4n) is 3.30. The summed E-state index contributed by atoms with van der Waals surface area (Å²) in [4.78, 5) is 35.7. The standard InChI is InChI=1S/C20H16N4O6S2/c25-18(21-13-7-9-14(10-8-13)24(27)28)12-17-20(26)22-15-4-1-2-5-16(15)23(17)32(29,30)19-6-3-11-31-19/h1-11,17H,12H2,(H,21,25)(H,22,26). The number of nitrogens with one attached hydrogen (secondary N) is 2. The highest BCUT2D eigenvalue weighted by atomic mass is 32.2. The minimum absolute atomic E-state index is 0.0442. The van der Waals surface area contributed by atoms with Crippen LogP contribution >= 0.6 is 11.3 Å². The van der Waals surface area contributed by atoms with E-state index in [4.69, 9.17) is 0 Å². The first-order valence-electron chi connectivity index (χ1n) is 9.29. The molecule has 12 heteroatoms. The summed E-state index contributed by atoms with van der Waals surface area (Å²) in [7, 11) is -4.11. The van der Waals surface area contributed by atoms with E-state index in [0.29, 0.717) is 5.69 Å². The van der Waals surface area contributed by atoms with Crippen LogP contribution in [0.3, 0.4) is 0 Å². The summed E-state index contributed by atoms with van der Waals surface area (Å²) in [5, 5.41) is 17.6. The van der Waals surface area contributed by atoms with Crippen LogP contribution in [0.2, 0.25) is 0 Å². The fraction of sp³-hybridized carbons (Fsp3) is 0.100. The highest BCUT2D eigenvalue weighted by Gasteiger charge is 2.42. The molecule has 1 aromatic heterocycles. The van der Waals surface area contributed by atoms with Crippen LogP contribution in [-0.2, 0) is 19.6 Å². The Balaban J connectivity index is 1.64. The molecule has 1 atom stereocenters. The zero-order valence-corrected chi connectivity index (χ0v) is 17.9. The molecule has 10 nitrogen and oxygen atoms in total. The maximum Gasteiger partial charge on any atom is 0.274 e. The van der Waals surface area contributed by atoms with Crippen molar-refractivity contribution >= 4 is 55.9 Å². The molecule has 0 aliphatic carbocycles. The van der Waals surface area contributed by atoms with Crippen LogP contribution in [0.1, 0.15) is 6.42 Å². The zero-order chi connectivity index (χ0) is 22.9.